The molecule has 0 aliphatic rings. The summed E-state index contributed by atoms with van der Waals surface area (Å²) in [5.41, 5.74) is -0.613. The van der Waals surface area contributed by atoms with Gasteiger partial charge in [0.05, 0.1) is 5.56 Å². The largest absolute Gasteiger partial charge is 0.508 e. The Morgan fingerprint density at radius 3 is 2.21 bits per heavy atom. The van der Waals surface area contributed by atoms with Gasteiger partial charge in [0.2, 0.25) is 0 Å². The molecule has 0 heterocycles. The van der Waals surface area contributed by atoms with E-state index in [1.54, 1.807) is 0 Å². The maximum Gasteiger partial charge on any atom is 0.345 e. The summed E-state index contributed by atoms with van der Waals surface area (Å²) in [6, 6.07) is 1.56. The summed E-state index contributed by atoms with van der Waals surface area (Å²) in [6.45, 7) is 0. The number of phenols is 2. The second kappa shape index (κ2) is 3.78. The smallest absolute Gasteiger partial charge is 0.345 e. The topological polar surface area (TPSA) is 112 Å². The Hall–Kier alpha value is -1.38. The quantitative estimate of drug-likeness (QED) is 0.707. The predicted molar refractivity (Wildman–Crippen MR) is 50.8 cm³/mol. The van der Waals surface area contributed by atoms with Crippen LogP contribution in [0.2, 0.25) is 0 Å². The highest BCUT2D eigenvalue weighted by molar-refractivity contribution is 14.2. The summed E-state index contributed by atoms with van der Waals surface area (Å²) in [5, 5.41) is 26.6. The number of rotatable bonds is 2. The highest BCUT2D eigenvalue weighted by atomic mass is 127. The Kier molecular flexibility index (Phi) is 2.89. The SMILES string of the molecule is O=C(O)c1cc(O)cc(O)c1I(=O)=O. The molecule has 0 aliphatic carbocycles. The lowest BCUT2D eigenvalue weighted by Crippen LogP contribution is -2.00. The third-order valence-corrected chi connectivity index (χ3v) is 3.44. The number of hydrogen-bond acceptors (Lipinski definition) is 5. The van der Waals surface area contributed by atoms with Crippen LogP contribution in [-0.2, 0) is 6.14 Å². The lowest BCUT2D eigenvalue weighted by Gasteiger charge is -2.01. The van der Waals surface area contributed by atoms with Gasteiger partial charge in [-0.05, 0) is 6.07 Å². The van der Waals surface area contributed by atoms with Crippen LogP contribution >= 0.6 is 19.8 Å². The van der Waals surface area contributed by atoms with Crippen LogP contribution in [-0.4, -0.2) is 21.3 Å². The molecule has 0 saturated carbocycles. The molecule has 0 bridgehead atoms. The van der Waals surface area contributed by atoms with E-state index >= 15 is 0 Å². The fraction of sp³-hybridized carbons (Fsp3) is 0. The molecular formula is C7H5IO6. The minimum Gasteiger partial charge on any atom is -0.508 e. The molecule has 76 valence electrons. The van der Waals surface area contributed by atoms with Gasteiger partial charge in [0.25, 0.3) is 0 Å². The van der Waals surface area contributed by atoms with Crippen LogP contribution in [0.25, 0.3) is 0 Å². The Labute approximate surface area is 85.0 Å². The zero-order valence-corrected chi connectivity index (χ0v) is 8.76. The molecule has 7 heteroatoms. The monoisotopic (exact) mass is 312 g/mol. The normalized spacial score (nSPS) is 10.4. The van der Waals surface area contributed by atoms with Crippen molar-refractivity contribution in [2.75, 3.05) is 0 Å². The van der Waals surface area contributed by atoms with Crippen LogP contribution < -0.4 is 0 Å². The van der Waals surface area contributed by atoms with Gasteiger partial charge in [-0.15, -0.1) is 0 Å². The molecule has 6 nitrogen and oxygen atoms in total. The van der Waals surface area contributed by atoms with Crippen LogP contribution in [0.15, 0.2) is 12.1 Å². The summed E-state index contributed by atoms with van der Waals surface area (Å²) in [7, 11) is 0. The van der Waals surface area contributed by atoms with Crippen molar-refractivity contribution in [3.05, 3.63) is 21.3 Å². The van der Waals surface area contributed by atoms with Crippen LogP contribution in [0.3, 0.4) is 0 Å². The number of carboxylic acid groups (broad SMARTS) is 1. The van der Waals surface area contributed by atoms with E-state index in [0.717, 1.165) is 12.1 Å². The molecule has 3 N–H and O–H groups in total. The number of carboxylic acids is 1. The number of benzene rings is 1. The van der Waals surface area contributed by atoms with Gasteiger partial charge in [-0.25, -0.2) is 10.9 Å². The van der Waals surface area contributed by atoms with E-state index < -0.39 is 46.4 Å². The Bertz CT molecular complexity index is 453. The van der Waals surface area contributed by atoms with E-state index in [1.165, 1.54) is 0 Å². The van der Waals surface area contributed by atoms with Gasteiger partial charge in [0.1, 0.15) is 15.1 Å². The molecule has 0 amide bonds. The second-order valence-corrected chi connectivity index (χ2v) is 4.67. The van der Waals surface area contributed by atoms with Crippen molar-refractivity contribution in [1.29, 1.82) is 0 Å². The fourth-order valence-corrected chi connectivity index (χ4v) is 2.38. The highest BCUT2D eigenvalue weighted by Crippen LogP contribution is 2.33. The molecule has 0 atom stereocenters. The van der Waals surface area contributed by atoms with Gasteiger partial charge in [0, 0.05) is 6.07 Å². The lowest BCUT2D eigenvalue weighted by molar-refractivity contribution is 0.0694. The Morgan fingerprint density at radius 1 is 1.21 bits per heavy atom. The molecule has 1 aromatic carbocycles. The van der Waals surface area contributed by atoms with E-state index in [-0.39, 0.29) is 0 Å². The summed E-state index contributed by atoms with van der Waals surface area (Å²) >= 11 is -4.09. The maximum absolute atomic E-state index is 10.7. The number of hydrogen-bond donors (Lipinski definition) is 3. The van der Waals surface area contributed by atoms with Crippen LogP contribution in [0, 0.1) is 3.57 Å². The molecule has 1 aromatic rings. The predicted octanol–water partition coefficient (Wildman–Crippen LogP) is 1.16. The fourth-order valence-electron chi connectivity index (χ4n) is 0.912. The molecule has 0 aliphatic heterocycles. The third-order valence-electron chi connectivity index (χ3n) is 1.42. The van der Waals surface area contributed by atoms with Crippen LogP contribution in [0.1, 0.15) is 10.4 Å². The Morgan fingerprint density at radius 2 is 1.79 bits per heavy atom. The average molecular weight is 312 g/mol. The van der Waals surface area contributed by atoms with Gasteiger partial charge in [-0.2, -0.15) is 0 Å². The summed E-state index contributed by atoms with van der Waals surface area (Å²) in [5.74, 6) is -2.75. The van der Waals surface area contributed by atoms with Gasteiger partial charge >= 0.3 is 25.8 Å². The summed E-state index contributed by atoms with van der Waals surface area (Å²) in [6.07, 6.45) is 0. The minimum atomic E-state index is -4.09. The molecule has 1 rings (SSSR count). The van der Waals surface area contributed by atoms with Crippen molar-refractivity contribution in [3.8, 4) is 11.5 Å². The van der Waals surface area contributed by atoms with Gasteiger partial charge in [-0.1, -0.05) is 0 Å². The Balaban J connectivity index is 3.60. The average Bonchev–Trinajstić information content (AvgIpc) is 2.01. The lowest BCUT2D eigenvalue weighted by atomic mass is 10.2. The number of phenolic OH excluding ortho intramolecular Hbond substituents is 2. The van der Waals surface area contributed by atoms with Crippen molar-refractivity contribution in [2.45, 2.75) is 0 Å². The number of aromatic hydroxyl groups is 2. The summed E-state index contributed by atoms with van der Waals surface area (Å²) in [4.78, 5) is 10.6. The number of halogens is 1. The molecule has 0 spiro atoms. The zero-order valence-electron chi connectivity index (χ0n) is 6.60. The number of aromatic carboxylic acids is 1. The second-order valence-electron chi connectivity index (χ2n) is 2.35. The van der Waals surface area contributed by atoms with E-state index in [4.69, 9.17) is 15.3 Å². The molecule has 0 aromatic heterocycles. The maximum atomic E-state index is 10.7. The molecule has 14 heavy (non-hydrogen) atoms. The van der Waals surface area contributed by atoms with Crippen molar-refractivity contribution >= 4 is 25.8 Å². The van der Waals surface area contributed by atoms with Crippen LogP contribution in [0.5, 0.6) is 11.5 Å². The van der Waals surface area contributed by atoms with E-state index in [9.17, 15) is 10.9 Å². The van der Waals surface area contributed by atoms with Crippen molar-refractivity contribution < 1.29 is 26.3 Å². The van der Waals surface area contributed by atoms with Gasteiger partial charge < -0.3 is 15.3 Å². The highest BCUT2D eigenvalue weighted by Gasteiger charge is 2.19. The molecule has 0 saturated heterocycles. The van der Waals surface area contributed by atoms with Gasteiger partial charge in [-0.3, -0.25) is 0 Å². The molecule has 0 radical (unpaired) electrons. The summed E-state index contributed by atoms with van der Waals surface area (Å²) < 4.78 is 20.8. The van der Waals surface area contributed by atoms with Crippen LogP contribution in [0.4, 0.5) is 0 Å². The first-order valence-corrected chi connectivity index (χ1v) is 6.12. The minimum absolute atomic E-state index is 0.499. The van der Waals surface area contributed by atoms with Crippen molar-refractivity contribution in [3.63, 3.8) is 0 Å². The first kappa shape index (κ1) is 10.7. The van der Waals surface area contributed by atoms with E-state index in [2.05, 4.69) is 0 Å². The molecular weight excluding hydrogens is 307 g/mol. The van der Waals surface area contributed by atoms with E-state index in [0.29, 0.717) is 0 Å². The standard InChI is InChI=1S/C7H5IO6/c9-3-1-4(7(11)12)6(8(13)14)5(10)2-3/h1-2,9-10H,(H,11,12). The van der Waals surface area contributed by atoms with Gasteiger partial charge in [0.15, 0.2) is 0 Å². The number of carbonyl (C=O) groups is 1. The van der Waals surface area contributed by atoms with E-state index in [1.807, 2.05) is 0 Å². The van der Waals surface area contributed by atoms with Crippen molar-refractivity contribution in [1.82, 2.24) is 0 Å². The molecule has 0 fully saturated rings. The third kappa shape index (κ3) is 1.92. The zero-order chi connectivity index (χ0) is 10.9. The molecule has 0 unspecified atom stereocenters. The van der Waals surface area contributed by atoms with Crippen molar-refractivity contribution in [2.24, 2.45) is 0 Å². The first-order chi connectivity index (χ1) is 6.43. The first-order valence-electron chi connectivity index (χ1n) is 3.28.